The number of hydrogen-bond donors (Lipinski definition) is 1. The second kappa shape index (κ2) is 8.26. The van der Waals surface area contributed by atoms with Crippen LogP contribution in [0.5, 0.6) is 17.2 Å². The Balaban J connectivity index is 1.64. The van der Waals surface area contributed by atoms with Gasteiger partial charge in [0.15, 0.2) is 0 Å². The molecule has 1 amide bonds. The van der Waals surface area contributed by atoms with Crippen LogP contribution in [0, 0.1) is 13.8 Å². The number of ether oxygens (including phenoxy) is 1. The molecule has 0 saturated carbocycles. The van der Waals surface area contributed by atoms with Crippen LogP contribution in [-0.4, -0.2) is 29.0 Å². The third-order valence-electron chi connectivity index (χ3n) is 4.91. The lowest BCUT2D eigenvalue weighted by Crippen LogP contribution is -2.35. The van der Waals surface area contributed by atoms with E-state index < -0.39 is 0 Å². The molecule has 2 aromatic rings. The van der Waals surface area contributed by atoms with Crippen LogP contribution in [0.15, 0.2) is 36.4 Å². The van der Waals surface area contributed by atoms with Crippen molar-refractivity contribution in [3.63, 3.8) is 0 Å². The summed E-state index contributed by atoms with van der Waals surface area (Å²) in [6.45, 7) is 5.88. The molecule has 138 valence electrons. The number of carbonyl (C=O) groups excluding carboxylic acids is 1. The van der Waals surface area contributed by atoms with Crippen LogP contribution in [0.1, 0.15) is 42.4 Å². The second-order valence-corrected chi connectivity index (χ2v) is 7.10. The maximum atomic E-state index is 12.4. The molecule has 1 heterocycles. The molecule has 0 radical (unpaired) electrons. The highest BCUT2D eigenvalue weighted by Gasteiger charge is 2.16. The van der Waals surface area contributed by atoms with Gasteiger partial charge in [-0.1, -0.05) is 12.1 Å². The van der Waals surface area contributed by atoms with Gasteiger partial charge in [-0.15, -0.1) is 0 Å². The first kappa shape index (κ1) is 18.3. The number of likely N-dealkylation sites (tertiary alicyclic amines) is 1. The fraction of sp³-hybridized carbons (Fsp3) is 0.409. The molecule has 0 bridgehead atoms. The van der Waals surface area contributed by atoms with Crippen LogP contribution in [0.4, 0.5) is 0 Å². The summed E-state index contributed by atoms with van der Waals surface area (Å²) in [5.41, 5.74) is 3.28. The molecular weight excluding hydrogens is 326 g/mol. The number of benzene rings is 2. The summed E-state index contributed by atoms with van der Waals surface area (Å²) in [6, 6.07) is 10.9. The van der Waals surface area contributed by atoms with E-state index in [0.717, 1.165) is 49.2 Å². The lowest BCUT2D eigenvalue weighted by atomic mass is 10.0. The summed E-state index contributed by atoms with van der Waals surface area (Å²) in [5.74, 6) is 2.02. The van der Waals surface area contributed by atoms with Gasteiger partial charge in [0.1, 0.15) is 17.2 Å². The van der Waals surface area contributed by atoms with Gasteiger partial charge in [-0.05, 0) is 80.5 Å². The minimum absolute atomic E-state index is 0.222. The van der Waals surface area contributed by atoms with Crippen LogP contribution in [-0.2, 0) is 11.2 Å². The number of aromatic hydroxyl groups is 1. The third kappa shape index (κ3) is 4.57. The van der Waals surface area contributed by atoms with Crippen LogP contribution in [0.25, 0.3) is 0 Å². The third-order valence-corrected chi connectivity index (χ3v) is 4.91. The molecule has 0 unspecified atom stereocenters. The van der Waals surface area contributed by atoms with Crippen molar-refractivity contribution < 1.29 is 14.6 Å². The summed E-state index contributed by atoms with van der Waals surface area (Å²) >= 11 is 0. The SMILES string of the molecule is Cc1cc(CCC(=O)N2CCCCC2)cc(C)c1Oc1ccc(O)cc1. The number of carbonyl (C=O) groups is 1. The lowest BCUT2D eigenvalue weighted by Gasteiger charge is -2.26. The van der Waals surface area contributed by atoms with Crippen molar-refractivity contribution in [3.05, 3.63) is 53.1 Å². The molecule has 1 fully saturated rings. The molecule has 1 N–H and O–H groups in total. The largest absolute Gasteiger partial charge is 0.508 e. The monoisotopic (exact) mass is 353 g/mol. The summed E-state index contributed by atoms with van der Waals surface area (Å²) < 4.78 is 5.98. The van der Waals surface area contributed by atoms with Crippen LogP contribution >= 0.6 is 0 Å². The van der Waals surface area contributed by atoms with E-state index in [2.05, 4.69) is 12.1 Å². The van der Waals surface area contributed by atoms with Crippen molar-refractivity contribution in [1.82, 2.24) is 4.90 Å². The number of aryl methyl sites for hydroxylation is 3. The van der Waals surface area contributed by atoms with Gasteiger partial charge in [0.2, 0.25) is 5.91 Å². The number of hydrogen-bond acceptors (Lipinski definition) is 3. The van der Waals surface area contributed by atoms with E-state index in [0.29, 0.717) is 12.2 Å². The van der Waals surface area contributed by atoms with Crippen molar-refractivity contribution in [2.24, 2.45) is 0 Å². The van der Waals surface area contributed by atoms with E-state index in [9.17, 15) is 9.90 Å². The molecule has 4 nitrogen and oxygen atoms in total. The van der Waals surface area contributed by atoms with Crippen molar-refractivity contribution in [2.75, 3.05) is 13.1 Å². The zero-order chi connectivity index (χ0) is 18.5. The topological polar surface area (TPSA) is 49.8 Å². The van der Waals surface area contributed by atoms with E-state index in [1.807, 2.05) is 18.7 Å². The smallest absolute Gasteiger partial charge is 0.222 e. The molecule has 0 atom stereocenters. The first-order valence-corrected chi connectivity index (χ1v) is 9.38. The summed E-state index contributed by atoms with van der Waals surface area (Å²) in [5, 5.41) is 9.38. The summed E-state index contributed by atoms with van der Waals surface area (Å²) in [6.07, 6.45) is 4.83. The van der Waals surface area contributed by atoms with Crippen LogP contribution in [0.2, 0.25) is 0 Å². The van der Waals surface area contributed by atoms with Crippen LogP contribution < -0.4 is 4.74 Å². The minimum atomic E-state index is 0.222. The summed E-state index contributed by atoms with van der Waals surface area (Å²) in [7, 11) is 0. The van der Waals surface area contributed by atoms with Crippen molar-refractivity contribution in [2.45, 2.75) is 46.0 Å². The Labute approximate surface area is 155 Å². The Bertz CT molecular complexity index is 738. The van der Waals surface area contributed by atoms with Crippen molar-refractivity contribution in [1.29, 1.82) is 0 Å². The minimum Gasteiger partial charge on any atom is -0.508 e. The molecule has 4 heteroatoms. The molecule has 2 aromatic carbocycles. The Kier molecular flexibility index (Phi) is 5.82. The average molecular weight is 353 g/mol. The van der Waals surface area contributed by atoms with E-state index in [4.69, 9.17) is 4.74 Å². The van der Waals surface area contributed by atoms with E-state index in [1.165, 1.54) is 12.0 Å². The zero-order valence-corrected chi connectivity index (χ0v) is 15.6. The van der Waals surface area contributed by atoms with Gasteiger partial charge in [0.25, 0.3) is 0 Å². The lowest BCUT2D eigenvalue weighted by molar-refractivity contribution is -0.132. The number of rotatable bonds is 5. The number of piperidine rings is 1. The fourth-order valence-electron chi connectivity index (χ4n) is 3.53. The van der Waals surface area contributed by atoms with Crippen molar-refractivity contribution in [3.8, 4) is 17.2 Å². The van der Waals surface area contributed by atoms with Gasteiger partial charge in [-0.2, -0.15) is 0 Å². The number of phenolic OH excluding ortho intramolecular Hbond substituents is 1. The standard InChI is InChI=1S/C22H27NO3/c1-16-14-18(6-11-21(25)23-12-4-3-5-13-23)15-17(2)22(16)26-20-9-7-19(24)8-10-20/h7-10,14-15,24H,3-6,11-13H2,1-2H3. The highest BCUT2D eigenvalue weighted by Crippen LogP contribution is 2.31. The first-order chi connectivity index (χ1) is 12.5. The Morgan fingerprint density at radius 3 is 2.27 bits per heavy atom. The number of amides is 1. The van der Waals surface area contributed by atoms with Crippen LogP contribution in [0.3, 0.4) is 0 Å². The molecule has 0 aromatic heterocycles. The molecule has 1 aliphatic rings. The van der Waals surface area contributed by atoms with Gasteiger partial charge in [-0.25, -0.2) is 0 Å². The van der Waals surface area contributed by atoms with Gasteiger partial charge < -0.3 is 14.7 Å². The van der Waals surface area contributed by atoms with Gasteiger partial charge >= 0.3 is 0 Å². The number of nitrogens with zero attached hydrogens (tertiary/aromatic N) is 1. The molecular formula is C22H27NO3. The van der Waals surface area contributed by atoms with Gasteiger partial charge in [0, 0.05) is 19.5 Å². The van der Waals surface area contributed by atoms with E-state index >= 15 is 0 Å². The average Bonchev–Trinajstić information content (AvgIpc) is 2.65. The highest BCUT2D eigenvalue weighted by molar-refractivity contribution is 5.76. The molecule has 26 heavy (non-hydrogen) atoms. The van der Waals surface area contributed by atoms with Gasteiger partial charge in [0.05, 0.1) is 0 Å². The number of phenols is 1. The van der Waals surface area contributed by atoms with Crippen molar-refractivity contribution >= 4 is 5.91 Å². The summed E-state index contributed by atoms with van der Waals surface area (Å²) in [4.78, 5) is 14.4. The molecule has 3 rings (SSSR count). The highest BCUT2D eigenvalue weighted by atomic mass is 16.5. The maximum Gasteiger partial charge on any atom is 0.222 e. The normalized spacial score (nSPS) is 14.3. The Morgan fingerprint density at radius 2 is 1.65 bits per heavy atom. The molecule has 1 aliphatic heterocycles. The second-order valence-electron chi connectivity index (χ2n) is 7.10. The zero-order valence-electron chi connectivity index (χ0n) is 15.6. The maximum absolute atomic E-state index is 12.4. The molecule has 0 spiro atoms. The van der Waals surface area contributed by atoms with E-state index in [1.54, 1.807) is 24.3 Å². The van der Waals surface area contributed by atoms with E-state index in [-0.39, 0.29) is 11.7 Å². The molecule has 0 aliphatic carbocycles. The first-order valence-electron chi connectivity index (χ1n) is 9.38. The van der Waals surface area contributed by atoms with Gasteiger partial charge in [-0.3, -0.25) is 4.79 Å². The predicted molar refractivity (Wildman–Crippen MR) is 103 cm³/mol. The Morgan fingerprint density at radius 1 is 1.04 bits per heavy atom. The predicted octanol–water partition coefficient (Wildman–Crippen LogP) is 4.75. The Hall–Kier alpha value is -2.49. The quantitative estimate of drug-likeness (QED) is 0.844. The molecule has 1 saturated heterocycles. The fourth-order valence-corrected chi connectivity index (χ4v) is 3.53.